The molecule has 6 rings (SSSR count). The Morgan fingerprint density at radius 2 is 1.48 bits per heavy atom. The van der Waals surface area contributed by atoms with E-state index in [4.69, 9.17) is 16.9 Å². The number of nitrogens with one attached hydrogen (secondary N) is 6. The van der Waals surface area contributed by atoms with E-state index in [0.29, 0.717) is 16.9 Å². The number of hydrogen-bond donors (Lipinski definition) is 13. The maximum atomic E-state index is 14.6. The molecule has 7 amide bonds. The molecule has 77 heavy (non-hydrogen) atoms. The van der Waals surface area contributed by atoms with Gasteiger partial charge < -0.3 is 82.8 Å². The smallest absolute Gasteiger partial charge is 0.251 e. The van der Waals surface area contributed by atoms with E-state index in [1.165, 1.54) is 43.3 Å². The van der Waals surface area contributed by atoms with Gasteiger partial charge in [-0.15, -0.1) is 6.42 Å². The summed E-state index contributed by atoms with van der Waals surface area (Å²) in [4.78, 5) is 102. The monoisotopic (exact) mass is 1060 g/mol. The number of aromatic hydroxyl groups is 1. The van der Waals surface area contributed by atoms with Gasteiger partial charge in [0.15, 0.2) is 0 Å². The number of phenolic OH excluding ortho intramolecular Hbond substituents is 1. The molecule has 0 bridgehead atoms. The fourth-order valence-corrected chi connectivity index (χ4v) is 9.22. The summed E-state index contributed by atoms with van der Waals surface area (Å²) in [5.74, 6) is 2.10. The van der Waals surface area contributed by atoms with Gasteiger partial charge in [-0.25, -0.2) is 0 Å². The summed E-state index contributed by atoms with van der Waals surface area (Å²) in [6.45, 7) is 0.927. The first-order valence-corrected chi connectivity index (χ1v) is 24.8. The van der Waals surface area contributed by atoms with Crippen LogP contribution in [0.1, 0.15) is 42.6 Å². The van der Waals surface area contributed by atoms with Gasteiger partial charge in [0.2, 0.25) is 35.4 Å². The fourth-order valence-electron chi connectivity index (χ4n) is 9.22. The summed E-state index contributed by atoms with van der Waals surface area (Å²) in [6.07, 6.45) is 0.272. The van der Waals surface area contributed by atoms with Crippen molar-refractivity contribution < 1.29 is 68.9 Å². The van der Waals surface area contributed by atoms with E-state index in [9.17, 15) is 64.2 Å². The lowest BCUT2D eigenvalue weighted by atomic mass is 10.00. The minimum absolute atomic E-state index is 0.0747. The zero-order valence-corrected chi connectivity index (χ0v) is 42.2. The number of nitrogens with zero attached hydrogens (tertiary/aromatic N) is 2. The van der Waals surface area contributed by atoms with Gasteiger partial charge in [0.05, 0.1) is 31.0 Å². The van der Waals surface area contributed by atoms with Crippen LogP contribution in [-0.2, 0) is 35.2 Å². The van der Waals surface area contributed by atoms with Crippen LogP contribution in [0.3, 0.4) is 0 Å². The van der Waals surface area contributed by atoms with Crippen LogP contribution in [0.5, 0.6) is 11.5 Å². The molecule has 3 aliphatic heterocycles. The first-order valence-electron chi connectivity index (χ1n) is 24.8. The van der Waals surface area contributed by atoms with Gasteiger partial charge in [0.1, 0.15) is 53.9 Å². The highest BCUT2D eigenvalue weighted by Gasteiger charge is 2.48. The number of aliphatic hydroxyl groups excluding tert-OH is 5. The predicted octanol–water partition coefficient (Wildman–Crippen LogP) is -3.83. The number of ether oxygens (including phenoxy) is 1. The van der Waals surface area contributed by atoms with E-state index in [1.54, 1.807) is 43.3 Å². The van der Waals surface area contributed by atoms with Crippen LogP contribution >= 0.6 is 0 Å². The third-order valence-corrected chi connectivity index (χ3v) is 13.3. The molecular formula is C54H63N9O14. The lowest BCUT2D eigenvalue weighted by Gasteiger charge is -2.32. The third kappa shape index (κ3) is 15.1. The number of rotatable bonds is 12. The van der Waals surface area contributed by atoms with Gasteiger partial charge >= 0.3 is 0 Å². The van der Waals surface area contributed by atoms with Crippen LogP contribution in [0, 0.1) is 42.1 Å². The summed E-state index contributed by atoms with van der Waals surface area (Å²) in [7, 11) is 0. The summed E-state index contributed by atoms with van der Waals surface area (Å²) in [5.41, 5.74) is 7.79. The van der Waals surface area contributed by atoms with Crippen LogP contribution in [0.15, 0.2) is 72.8 Å². The minimum Gasteiger partial charge on any atom is -0.508 e. The molecule has 3 aliphatic rings. The second-order valence-corrected chi connectivity index (χ2v) is 19.0. The predicted molar refractivity (Wildman–Crippen MR) is 276 cm³/mol. The zero-order valence-electron chi connectivity index (χ0n) is 42.2. The van der Waals surface area contributed by atoms with Crippen LogP contribution in [0.4, 0.5) is 0 Å². The second-order valence-electron chi connectivity index (χ2n) is 19.0. The number of fused-ring (bicyclic) bond motifs is 2. The summed E-state index contributed by atoms with van der Waals surface area (Å²) in [5, 5.41) is 81.1. The first-order chi connectivity index (χ1) is 36.8. The lowest BCUT2D eigenvalue weighted by Crippen LogP contribution is -2.63. The van der Waals surface area contributed by atoms with Crippen LogP contribution in [0.2, 0.25) is 0 Å². The van der Waals surface area contributed by atoms with E-state index in [1.807, 2.05) is 0 Å². The van der Waals surface area contributed by atoms with Crippen molar-refractivity contribution in [1.29, 1.82) is 0 Å². The Balaban J connectivity index is 1.34. The van der Waals surface area contributed by atoms with Crippen molar-refractivity contribution in [3.63, 3.8) is 0 Å². The fraction of sp³-hybridized carbons (Fsp3) is 0.426. The number of aliphatic hydroxyl groups is 5. The van der Waals surface area contributed by atoms with Crippen LogP contribution in [-0.4, -0.2) is 188 Å². The van der Waals surface area contributed by atoms with Gasteiger partial charge in [0.25, 0.3) is 5.91 Å². The SMILES string of the molecule is C#CC#CC#COc1ccc(-c2ccc(C(=O)NC3CC(NCCN)CNC(=O)[C@@H]4[C@@H](O)[C@@H](C)CN4C(=O)[C@H](CO)NC(=O)[C@H]([C@H](O)Cc4ccc(O)cc4)NC(=O)[C@@H]4C[C@@H](O)CN4C(=O)[C@H]([C@@H](C)O)NC3=O)cc2)cc1. The normalized spacial score (nSPS) is 26.2. The standard InChI is InChI=1S/C54H63N9O14/c1-4-5-6-7-22-77-39-18-14-34(15-19-39)33-10-12-35(13-11-33)48(70)58-40-24-36(56-21-20-55)26-57-52(74)46-47(69)30(2)27-63(46)53(75)41(29-64)59-51(73)45(43(68)23-32-8-16-37(66)17-9-32)61-50(72)42-25-38(67)28-62(42)54(76)44(31(3)65)60-49(40)71/h1,8-19,30-31,36,38,40-47,56,64-69H,20-21,23-29,55H2,2-3H3,(H,57,74)(H,58,70)(H,59,73)(H,60,71)(H,61,72)/t30-,31+,36?,38+,40?,41-,42-,43+,44-,45-,46-,47-/m0/s1. The summed E-state index contributed by atoms with van der Waals surface area (Å²) < 4.78 is 5.35. The van der Waals surface area contributed by atoms with E-state index < -0.39 is 134 Å². The Morgan fingerprint density at radius 1 is 0.818 bits per heavy atom. The van der Waals surface area contributed by atoms with E-state index in [-0.39, 0.29) is 50.3 Å². The molecule has 0 spiro atoms. The van der Waals surface area contributed by atoms with Crippen molar-refractivity contribution in [2.45, 2.75) is 99.8 Å². The Morgan fingerprint density at radius 3 is 2.12 bits per heavy atom. The molecule has 408 valence electrons. The largest absolute Gasteiger partial charge is 0.508 e. The van der Waals surface area contributed by atoms with Gasteiger partial charge in [-0.2, -0.15) is 0 Å². The topological polar surface area (TPSA) is 355 Å². The van der Waals surface area contributed by atoms with E-state index >= 15 is 0 Å². The van der Waals surface area contributed by atoms with Crippen LogP contribution in [0.25, 0.3) is 11.1 Å². The molecule has 12 atom stereocenters. The second kappa shape index (κ2) is 27.1. The highest BCUT2D eigenvalue weighted by atomic mass is 16.5. The van der Waals surface area contributed by atoms with Crippen molar-refractivity contribution in [3.8, 4) is 58.8 Å². The summed E-state index contributed by atoms with van der Waals surface area (Å²) >= 11 is 0. The highest BCUT2D eigenvalue weighted by Crippen LogP contribution is 2.27. The molecular weight excluding hydrogens is 999 g/mol. The number of amides is 7. The quantitative estimate of drug-likeness (QED) is 0.0773. The lowest BCUT2D eigenvalue weighted by molar-refractivity contribution is -0.146. The molecule has 14 N–H and O–H groups in total. The van der Waals surface area contributed by atoms with E-state index in [2.05, 4.69) is 61.7 Å². The molecule has 23 heteroatoms. The van der Waals surface area contributed by atoms with Gasteiger partial charge in [-0.3, -0.25) is 33.6 Å². The number of hydrogen-bond acceptors (Lipinski definition) is 16. The van der Waals surface area contributed by atoms with Crippen molar-refractivity contribution >= 4 is 41.4 Å². The maximum Gasteiger partial charge on any atom is 0.251 e. The van der Waals surface area contributed by atoms with Crippen molar-refractivity contribution in [2.24, 2.45) is 11.7 Å². The molecule has 0 saturated carbocycles. The Hall–Kier alpha value is -8.05. The molecule has 3 fully saturated rings. The number of carbonyl (C=O) groups excluding carboxylic acids is 7. The van der Waals surface area contributed by atoms with E-state index in [0.717, 1.165) is 15.4 Å². The molecule has 3 saturated heterocycles. The molecule has 3 heterocycles. The number of terminal acetylenes is 1. The molecule has 0 radical (unpaired) electrons. The number of carbonyl (C=O) groups is 7. The molecule has 23 nitrogen and oxygen atoms in total. The Kier molecular flexibility index (Phi) is 20.5. The van der Waals surface area contributed by atoms with Gasteiger partial charge in [0, 0.05) is 74.9 Å². The average molecular weight is 1060 g/mol. The first kappa shape index (κ1) is 58.2. The van der Waals surface area contributed by atoms with Gasteiger partial charge in [-0.05, 0) is 78.3 Å². The Bertz CT molecular complexity index is 2780. The maximum absolute atomic E-state index is 14.6. The van der Waals surface area contributed by atoms with Crippen molar-refractivity contribution in [3.05, 3.63) is 83.9 Å². The highest BCUT2D eigenvalue weighted by molar-refractivity contribution is 6.00. The van der Waals surface area contributed by atoms with Crippen molar-refractivity contribution in [2.75, 3.05) is 39.3 Å². The molecule has 3 aromatic rings. The average Bonchev–Trinajstić information content (AvgIpc) is 3.97. The zero-order chi connectivity index (χ0) is 55.9. The number of nitrogens with two attached hydrogens (primary N) is 1. The molecule has 2 unspecified atom stereocenters. The molecule has 0 aromatic heterocycles. The molecule has 0 aliphatic carbocycles. The minimum atomic E-state index is -1.92. The number of benzene rings is 3. The summed E-state index contributed by atoms with van der Waals surface area (Å²) in [6, 6.07) is 7.62. The van der Waals surface area contributed by atoms with Crippen molar-refractivity contribution in [1.82, 2.24) is 41.7 Å². The number of phenols is 1. The third-order valence-electron chi connectivity index (χ3n) is 13.3. The molecule has 3 aromatic carbocycles. The van der Waals surface area contributed by atoms with Gasteiger partial charge in [-0.1, -0.05) is 43.3 Å². The Labute approximate surface area is 444 Å². The van der Waals surface area contributed by atoms with Crippen LogP contribution < -0.4 is 42.4 Å².